The number of nitrogens with one attached hydrogen (secondary N) is 1. The first-order valence-corrected chi connectivity index (χ1v) is 10.0. The van der Waals surface area contributed by atoms with Crippen LogP contribution in [0.4, 0.5) is 0 Å². The zero-order chi connectivity index (χ0) is 21.3. The van der Waals surface area contributed by atoms with Gasteiger partial charge in [0.15, 0.2) is 5.78 Å². The van der Waals surface area contributed by atoms with Crippen molar-refractivity contribution >= 4 is 11.8 Å². The number of ether oxygens (including phenoxy) is 2. The fourth-order valence-electron chi connectivity index (χ4n) is 4.51. The first kappa shape index (κ1) is 20.0. The predicted octanol–water partition coefficient (Wildman–Crippen LogP) is 4.23. The molecule has 154 valence electrons. The Morgan fingerprint density at radius 3 is 2.30 bits per heavy atom. The third kappa shape index (κ3) is 3.52. The highest BCUT2D eigenvalue weighted by atomic mass is 16.5. The quantitative estimate of drug-likeness (QED) is 0.774. The number of carbonyl (C=O) groups excluding carboxylic acids is 2. The maximum atomic E-state index is 13.4. The molecule has 0 saturated heterocycles. The maximum Gasteiger partial charge on any atom is 0.336 e. The van der Waals surface area contributed by atoms with E-state index in [0.29, 0.717) is 24.0 Å². The Balaban J connectivity index is 1.76. The molecule has 0 bridgehead atoms. The molecule has 2 aromatic carbocycles. The molecule has 1 heterocycles. The highest BCUT2D eigenvalue weighted by molar-refractivity contribution is 6.04. The molecule has 5 nitrogen and oxygen atoms in total. The third-order valence-corrected chi connectivity index (χ3v) is 5.95. The molecule has 4 rings (SSSR count). The Labute approximate surface area is 176 Å². The molecule has 1 aliphatic carbocycles. The van der Waals surface area contributed by atoms with Gasteiger partial charge < -0.3 is 14.8 Å². The van der Waals surface area contributed by atoms with Crippen LogP contribution in [0.5, 0.6) is 5.75 Å². The molecule has 2 aromatic rings. The summed E-state index contributed by atoms with van der Waals surface area (Å²) >= 11 is 0. The zero-order valence-electron chi connectivity index (χ0n) is 17.4. The van der Waals surface area contributed by atoms with E-state index in [1.165, 1.54) is 7.11 Å². The summed E-state index contributed by atoms with van der Waals surface area (Å²) in [4.78, 5) is 26.0. The van der Waals surface area contributed by atoms with Gasteiger partial charge in [-0.05, 0) is 42.5 Å². The van der Waals surface area contributed by atoms with Gasteiger partial charge in [-0.25, -0.2) is 4.79 Å². The van der Waals surface area contributed by atoms with E-state index in [-0.39, 0.29) is 11.7 Å². The van der Waals surface area contributed by atoms with Crippen LogP contribution in [0.3, 0.4) is 0 Å². The molecule has 0 spiro atoms. The largest absolute Gasteiger partial charge is 0.497 e. The van der Waals surface area contributed by atoms with E-state index in [4.69, 9.17) is 9.47 Å². The van der Waals surface area contributed by atoms with Gasteiger partial charge in [-0.15, -0.1) is 0 Å². The van der Waals surface area contributed by atoms with E-state index in [1.807, 2.05) is 61.5 Å². The van der Waals surface area contributed by atoms with Crippen LogP contribution in [0.15, 0.2) is 77.1 Å². The summed E-state index contributed by atoms with van der Waals surface area (Å²) in [6.07, 6.45) is 1.12. The molecule has 0 unspecified atom stereocenters. The van der Waals surface area contributed by atoms with Crippen molar-refractivity contribution in [2.24, 2.45) is 0 Å². The summed E-state index contributed by atoms with van der Waals surface area (Å²) in [5.74, 6) is 0.109. The van der Waals surface area contributed by atoms with Crippen molar-refractivity contribution in [3.63, 3.8) is 0 Å². The van der Waals surface area contributed by atoms with Crippen LogP contribution in [-0.2, 0) is 14.3 Å². The molecule has 0 amide bonds. The predicted molar refractivity (Wildman–Crippen MR) is 114 cm³/mol. The van der Waals surface area contributed by atoms with Crippen LogP contribution in [0.25, 0.3) is 0 Å². The number of ketones is 1. The van der Waals surface area contributed by atoms with Gasteiger partial charge in [0.1, 0.15) is 5.75 Å². The molecular formula is C25H25NO4. The number of rotatable bonds is 4. The molecule has 1 N–H and O–H groups in total. The zero-order valence-corrected chi connectivity index (χ0v) is 17.4. The van der Waals surface area contributed by atoms with Crippen molar-refractivity contribution in [1.29, 1.82) is 0 Å². The third-order valence-electron chi connectivity index (χ3n) is 5.95. The minimum Gasteiger partial charge on any atom is -0.497 e. The second-order valence-electron chi connectivity index (χ2n) is 7.69. The van der Waals surface area contributed by atoms with Crippen LogP contribution >= 0.6 is 0 Å². The lowest BCUT2D eigenvalue weighted by Gasteiger charge is -2.36. The van der Waals surface area contributed by atoms with Crippen molar-refractivity contribution in [2.45, 2.75) is 31.6 Å². The number of benzene rings is 2. The van der Waals surface area contributed by atoms with Gasteiger partial charge in [0.05, 0.1) is 19.8 Å². The highest BCUT2D eigenvalue weighted by Crippen LogP contribution is 2.45. The maximum absolute atomic E-state index is 13.4. The summed E-state index contributed by atoms with van der Waals surface area (Å²) in [6.45, 7) is 1.87. The Bertz CT molecular complexity index is 1030. The lowest BCUT2D eigenvalue weighted by Crippen LogP contribution is -2.36. The van der Waals surface area contributed by atoms with Crippen LogP contribution in [0.1, 0.15) is 42.7 Å². The number of hydrogen-bond acceptors (Lipinski definition) is 5. The molecule has 30 heavy (non-hydrogen) atoms. The molecule has 2 aliphatic rings. The summed E-state index contributed by atoms with van der Waals surface area (Å²) in [5.41, 5.74) is 4.83. The van der Waals surface area contributed by atoms with E-state index in [2.05, 4.69) is 5.32 Å². The summed E-state index contributed by atoms with van der Waals surface area (Å²) in [6, 6.07) is 17.6. The van der Waals surface area contributed by atoms with Gasteiger partial charge in [0, 0.05) is 29.3 Å². The van der Waals surface area contributed by atoms with Crippen molar-refractivity contribution in [1.82, 2.24) is 5.32 Å². The molecular weight excluding hydrogens is 378 g/mol. The lowest BCUT2D eigenvalue weighted by atomic mass is 9.72. The standard InChI is InChI=1S/C25H25NO4/c1-15-22(25(28)30-3)23(17-7-5-4-6-8-17)24-20(26-15)13-18(14-21(24)27)16-9-11-19(29-2)12-10-16/h4-12,18,23,26H,13-14H2,1-3H3/t18-,23+/m1/s1. The summed E-state index contributed by atoms with van der Waals surface area (Å²) in [7, 11) is 3.01. The van der Waals surface area contributed by atoms with Crippen LogP contribution < -0.4 is 10.1 Å². The Hall–Kier alpha value is -3.34. The minimum absolute atomic E-state index is 0.0623. The molecule has 0 saturated carbocycles. The topological polar surface area (TPSA) is 64.6 Å². The molecule has 2 atom stereocenters. The fourth-order valence-corrected chi connectivity index (χ4v) is 4.51. The van der Waals surface area contributed by atoms with E-state index in [9.17, 15) is 9.59 Å². The second-order valence-corrected chi connectivity index (χ2v) is 7.69. The van der Waals surface area contributed by atoms with Gasteiger partial charge >= 0.3 is 5.97 Å². The second kappa shape index (κ2) is 8.19. The SMILES string of the molecule is COC(=O)C1=C(C)NC2=C(C(=O)C[C@H](c3ccc(OC)cc3)C2)[C@H]1c1ccccc1. The molecule has 5 heteroatoms. The first-order valence-electron chi connectivity index (χ1n) is 10.0. The van der Waals surface area contributed by atoms with Crippen molar-refractivity contribution in [3.05, 3.63) is 88.3 Å². The van der Waals surface area contributed by atoms with Crippen molar-refractivity contribution in [2.75, 3.05) is 14.2 Å². The van der Waals surface area contributed by atoms with Gasteiger partial charge in [-0.3, -0.25) is 4.79 Å². The van der Waals surface area contributed by atoms with Crippen molar-refractivity contribution < 1.29 is 19.1 Å². The number of dihydropyridines is 1. The summed E-state index contributed by atoms with van der Waals surface area (Å²) in [5, 5.41) is 3.35. The molecule has 0 fully saturated rings. The number of allylic oxidation sites excluding steroid dienone is 3. The average Bonchev–Trinajstić information content (AvgIpc) is 2.78. The van der Waals surface area contributed by atoms with Crippen molar-refractivity contribution in [3.8, 4) is 5.75 Å². The smallest absolute Gasteiger partial charge is 0.336 e. The first-order chi connectivity index (χ1) is 14.5. The number of hydrogen-bond donors (Lipinski definition) is 1. The Morgan fingerprint density at radius 1 is 0.967 bits per heavy atom. The minimum atomic E-state index is -0.417. The van der Waals surface area contributed by atoms with Gasteiger partial charge in [-0.1, -0.05) is 42.5 Å². The Morgan fingerprint density at radius 2 is 1.67 bits per heavy atom. The average molecular weight is 403 g/mol. The normalized spacial score (nSPS) is 21.1. The summed E-state index contributed by atoms with van der Waals surface area (Å²) < 4.78 is 10.3. The highest BCUT2D eigenvalue weighted by Gasteiger charge is 2.41. The van der Waals surface area contributed by atoms with E-state index in [0.717, 1.165) is 28.3 Å². The molecule has 1 aliphatic heterocycles. The van der Waals surface area contributed by atoms with E-state index >= 15 is 0 Å². The van der Waals surface area contributed by atoms with Gasteiger partial charge in [0.2, 0.25) is 0 Å². The number of esters is 1. The monoisotopic (exact) mass is 403 g/mol. The molecule has 0 aromatic heterocycles. The number of Topliss-reactive ketones (excluding diaryl/α,β-unsaturated/α-hetero) is 1. The van der Waals surface area contributed by atoms with E-state index in [1.54, 1.807) is 7.11 Å². The van der Waals surface area contributed by atoms with Gasteiger partial charge in [0.25, 0.3) is 0 Å². The van der Waals surface area contributed by atoms with Crippen LogP contribution in [-0.4, -0.2) is 26.0 Å². The fraction of sp³-hybridized carbons (Fsp3) is 0.280. The Kier molecular flexibility index (Phi) is 5.44. The lowest BCUT2D eigenvalue weighted by molar-refractivity contribution is -0.136. The van der Waals surface area contributed by atoms with Crippen LogP contribution in [0.2, 0.25) is 0 Å². The number of methoxy groups -OCH3 is 2. The molecule has 0 radical (unpaired) electrons. The number of carbonyl (C=O) groups is 2. The van der Waals surface area contributed by atoms with Crippen LogP contribution in [0, 0.1) is 0 Å². The van der Waals surface area contributed by atoms with Gasteiger partial charge in [-0.2, -0.15) is 0 Å². The van der Waals surface area contributed by atoms with E-state index < -0.39 is 11.9 Å².